The molecule has 1 aromatic carbocycles. The SMILES string of the molecule is CCNCC(C)C(=O)Nc1cc(C#N)cc(F)c1C. The summed E-state index contributed by atoms with van der Waals surface area (Å²) in [5.74, 6) is -0.916. The molecule has 0 bridgehead atoms. The molecule has 0 aliphatic rings. The molecule has 0 saturated heterocycles. The molecule has 2 N–H and O–H groups in total. The second-order valence-electron chi connectivity index (χ2n) is 4.44. The van der Waals surface area contributed by atoms with E-state index in [-0.39, 0.29) is 17.4 Å². The first-order chi connectivity index (χ1) is 8.99. The standard InChI is InChI=1S/C14H18FN3O/c1-4-17-8-9(2)14(19)18-13-6-11(7-16)5-12(15)10(13)3/h5-6,9,17H,4,8H2,1-3H3,(H,18,19). The third kappa shape index (κ3) is 4.04. The molecule has 1 rings (SSSR count). The lowest BCUT2D eigenvalue weighted by atomic mass is 10.1. The predicted molar refractivity (Wildman–Crippen MR) is 72.2 cm³/mol. The highest BCUT2D eigenvalue weighted by Gasteiger charge is 2.15. The maximum absolute atomic E-state index is 13.6. The van der Waals surface area contributed by atoms with E-state index in [2.05, 4.69) is 10.6 Å². The van der Waals surface area contributed by atoms with E-state index in [1.165, 1.54) is 6.07 Å². The van der Waals surface area contributed by atoms with Gasteiger partial charge >= 0.3 is 0 Å². The first-order valence-corrected chi connectivity index (χ1v) is 6.21. The number of rotatable bonds is 5. The largest absolute Gasteiger partial charge is 0.325 e. The van der Waals surface area contributed by atoms with E-state index in [9.17, 15) is 9.18 Å². The number of benzene rings is 1. The minimum atomic E-state index is -0.492. The van der Waals surface area contributed by atoms with Gasteiger partial charge in [-0.15, -0.1) is 0 Å². The van der Waals surface area contributed by atoms with Gasteiger partial charge < -0.3 is 10.6 Å². The molecule has 1 amide bonds. The molecule has 0 spiro atoms. The van der Waals surface area contributed by atoms with Crippen LogP contribution in [0.15, 0.2) is 12.1 Å². The second kappa shape index (κ2) is 6.86. The quantitative estimate of drug-likeness (QED) is 0.855. The topological polar surface area (TPSA) is 64.9 Å². The van der Waals surface area contributed by atoms with Crippen LogP contribution in [0.1, 0.15) is 25.0 Å². The summed E-state index contributed by atoms with van der Waals surface area (Å²) in [5.41, 5.74) is 0.880. The monoisotopic (exact) mass is 263 g/mol. The number of halogens is 1. The van der Waals surface area contributed by atoms with Crippen LogP contribution in [0.2, 0.25) is 0 Å². The van der Waals surface area contributed by atoms with Gasteiger partial charge in [0.15, 0.2) is 0 Å². The lowest BCUT2D eigenvalue weighted by Gasteiger charge is -2.14. The molecule has 0 aromatic heterocycles. The number of nitrogens with zero attached hydrogens (tertiary/aromatic N) is 1. The van der Waals surface area contributed by atoms with E-state index in [1.54, 1.807) is 13.8 Å². The van der Waals surface area contributed by atoms with Crippen molar-refractivity contribution >= 4 is 11.6 Å². The molecule has 5 heteroatoms. The van der Waals surface area contributed by atoms with Gasteiger partial charge in [0.2, 0.25) is 5.91 Å². The highest BCUT2D eigenvalue weighted by molar-refractivity contribution is 5.93. The van der Waals surface area contributed by atoms with Crippen molar-refractivity contribution in [3.05, 3.63) is 29.1 Å². The van der Waals surface area contributed by atoms with Crippen LogP contribution in [0.3, 0.4) is 0 Å². The zero-order valence-corrected chi connectivity index (χ0v) is 11.4. The smallest absolute Gasteiger partial charge is 0.228 e. The molecule has 1 aromatic rings. The van der Waals surface area contributed by atoms with Crippen molar-refractivity contribution < 1.29 is 9.18 Å². The number of carbonyl (C=O) groups excluding carboxylic acids is 1. The van der Waals surface area contributed by atoms with Crippen molar-refractivity contribution in [2.45, 2.75) is 20.8 Å². The Morgan fingerprint density at radius 3 is 2.79 bits per heavy atom. The van der Waals surface area contributed by atoms with Crippen molar-refractivity contribution in [2.75, 3.05) is 18.4 Å². The number of nitrogens with one attached hydrogen (secondary N) is 2. The molecule has 0 radical (unpaired) electrons. The van der Waals surface area contributed by atoms with Crippen molar-refractivity contribution in [1.29, 1.82) is 5.26 Å². The van der Waals surface area contributed by atoms with Crippen LogP contribution in [0.4, 0.5) is 10.1 Å². The Morgan fingerprint density at radius 2 is 2.21 bits per heavy atom. The van der Waals surface area contributed by atoms with E-state index >= 15 is 0 Å². The van der Waals surface area contributed by atoms with Gasteiger partial charge in [0.25, 0.3) is 0 Å². The maximum atomic E-state index is 13.6. The Labute approximate surface area is 112 Å². The summed E-state index contributed by atoms with van der Waals surface area (Å²) in [5, 5.41) is 14.5. The third-order valence-electron chi connectivity index (χ3n) is 2.88. The van der Waals surface area contributed by atoms with E-state index < -0.39 is 5.82 Å². The van der Waals surface area contributed by atoms with Gasteiger partial charge in [0.05, 0.1) is 11.6 Å². The molecule has 0 fully saturated rings. The van der Waals surface area contributed by atoms with Gasteiger partial charge in [0, 0.05) is 23.7 Å². The first-order valence-electron chi connectivity index (χ1n) is 6.21. The number of hydrogen-bond donors (Lipinski definition) is 2. The number of hydrogen-bond acceptors (Lipinski definition) is 3. The molecule has 0 aliphatic heterocycles. The molecule has 1 unspecified atom stereocenters. The molecule has 102 valence electrons. The van der Waals surface area contributed by atoms with E-state index in [4.69, 9.17) is 5.26 Å². The van der Waals surface area contributed by atoms with E-state index in [1.807, 2.05) is 13.0 Å². The zero-order chi connectivity index (χ0) is 14.4. The van der Waals surface area contributed by atoms with Crippen LogP contribution in [0, 0.1) is 30.0 Å². The van der Waals surface area contributed by atoms with Crippen LogP contribution in [0.25, 0.3) is 0 Å². The van der Waals surface area contributed by atoms with Gasteiger partial charge in [-0.2, -0.15) is 5.26 Å². The fraction of sp³-hybridized carbons (Fsp3) is 0.429. The summed E-state index contributed by atoms with van der Waals surface area (Å²) in [6.45, 7) is 6.66. The van der Waals surface area contributed by atoms with E-state index in [0.29, 0.717) is 17.8 Å². The number of nitriles is 1. The molecule has 1 atom stereocenters. The minimum Gasteiger partial charge on any atom is -0.325 e. The lowest BCUT2D eigenvalue weighted by molar-refractivity contribution is -0.119. The molecule has 0 heterocycles. The van der Waals surface area contributed by atoms with Crippen LogP contribution in [0.5, 0.6) is 0 Å². The molecule has 0 aliphatic carbocycles. The summed E-state index contributed by atoms with van der Waals surface area (Å²) >= 11 is 0. The van der Waals surface area contributed by atoms with Gasteiger partial charge in [-0.3, -0.25) is 4.79 Å². The van der Waals surface area contributed by atoms with Crippen LogP contribution >= 0.6 is 0 Å². The normalized spacial score (nSPS) is 11.7. The summed E-state index contributed by atoms with van der Waals surface area (Å²) in [6, 6.07) is 4.51. The number of carbonyl (C=O) groups is 1. The zero-order valence-electron chi connectivity index (χ0n) is 11.4. The molecular weight excluding hydrogens is 245 g/mol. The van der Waals surface area contributed by atoms with Crippen LogP contribution in [-0.4, -0.2) is 19.0 Å². The lowest BCUT2D eigenvalue weighted by Crippen LogP contribution is -2.30. The summed E-state index contributed by atoms with van der Waals surface area (Å²) in [7, 11) is 0. The molecule has 0 saturated carbocycles. The fourth-order valence-corrected chi connectivity index (χ4v) is 1.58. The van der Waals surface area contributed by atoms with Gasteiger partial charge in [-0.05, 0) is 25.6 Å². The minimum absolute atomic E-state index is 0.192. The average Bonchev–Trinajstić information content (AvgIpc) is 2.40. The Hall–Kier alpha value is -1.93. The van der Waals surface area contributed by atoms with Crippen molar-refractivity contribution in [3.8, 4) is 6.07 Å². The van der Waals surface area contributed by atoms with Gasteiger partial charge in [0.1, 0.15) is 5.82 Å². The number of anilines is 1. The Kier molecular flexibility index (Phi) is 5.46. The third-order valence-corrected chi connectivity index (χ3v) is 2.88. The highest BCUT2D eigenvalue weighted by atomic mass is 19.1. The van der Waals surface area contributed by atoms with Gasteiger partial charge in [-0.25, -0.2) is 4.39 Å². The molecule has 19 heavy (non-hydrogen) atoms. The summed E-state index contributed by atoms with van der Waals surface area (Å²) < 4.78 is 13.6. The van der Waals surface area contributed by atoms with Crippen molar-refractivity contribution in [2.24, 2.45) is 5.92 Å². The van der Waals surface area contributed by atoms with E-state index in [0.717, 1.165) is 12.6 Å². The number of amides is 1. The average molecular weight is 263 g/mol. The van der Waals surface area contributed by atoms with Crippen LogP contribution < -0.4 is 10.6 Å². The van der Waals surface area contributed by atoms with Crippen molar-refractivity contribution in [1.82, 2.24) is 5.32 Å². The highest BCUT2D eigenvalue weighted by Crippen LogP contribution is 2.21. The summed E-state index contributed by atoms with van der Waals surface area (Å²) in [4.78, 5) is 11.9. The van der Waals surface area contributed by atoms with Crippen molar-refractivity contribution in [3.63, 3.8) is 0 Å². The maximum Gasteiger partial charge on any atom is 0.228 e. The van der Waals surface area contributed by atoms with Crippen LogP contribution in [-0.2, 0) is 4.79 Å². The summed E-state index contributed by atoms with van der Waals surface area (Å²) in [6.07, 6.45) is 0. The van der Waals surface area contributed by atoms with Gasteiger partial charge in [-0.1, -0.05) is 13.8 Å². The fourth-order valence-electron chi connectivity index (χ4n) is 1.58. The molecule has 4 nitrogen and oxygen atoms in total. The Morgan fingerprint density at radius 1 is 1.53 bits per heavy atom. The Bertz CT molecular complexity index is 508. The first kappa shape index (κ1) is 15.1. The Balaban J connectivity index is 2.85. The second-order valence-corrected chi connectivity index (χ2v) is 4.44. The predicted octanol–water partition coefficient (Wildman–Crippen LogP) is 2.19. The molecular formula is C14H18FN3O.